The summed E-state index contributed by atoms with van der Waals surface area (Å²) in [5, 5.41) is 2.47. The van der Waals surface area contributed by atoms with Gasteiger partial charge in [-0.1, -0.05) is 0 Å². The second-order valence-corrected chi connectivity index (χ2v) is 3.45. The Morgan fingerprint density at radius 1 is 1.64 bits per heavy atom. The third kappa shape index (κ3) is 2.71. The molecule has 0 fully saturated rings. The fraction of sp³-hybridized carbons (Fsp3) is 0.222. The highest BCUT2D eigenvalue weighted by molar-refractivity contribution is 7.98. The molecule has 0 atom stereocenters. The van der Waals surface area contributed by atoms with Crippen molar-refractivity contribution < 1.29 is 9.18 Å². The maximum Gasteiger partial charge on any atom is 0.238 e. The number of rotatable bonds is 3. The molecule has 14 heavy (non-hydrogen) atoms. The molecular weight excluding hydrogens is 203 g/mol. The van der Waals surface area contributed by atoms with Crippen LogP contribution < -0.4 is 11.1 Å². The predicted octanol–water partition coefficient (Wildman–Crippen LogP) is 1.44. The van der Waals surface area contributed by atoms with E-state index in [0.717, 1.165) is 0 Å². The molecule has 76 valence electrons. The molecule has 0 saturated heterocycles. The van der Waals surface area contributed by atoms with Crippen LogP contribution in [-0.4, -0.2) is 18.7 Å². The third-order valence-corrected chi connectivity index (χ3v) is 2.39. The van der Waals surface area contributed by atoms with E-state index in [0.29, 0.717) is 10.6 Å². The van der Waals surface area contributed by atoms with Crippen molar-refractivity contribution in [2.45, 2.75) is 4.90 Å². The first-order valence-corrected chi connectivity index (χ1v) is 5.23. The van der Waals surface area contributed by atoms with Gasteiger partial charge < -0.3 is 11.1 Å². The summed E-state index contributed by atoms with van der Waals surface area (Å²) in [6.07, 6.45) is 1.79. The van der Waals surface area contributed by atoms with E-state index in [1.807, 2.05) is 0 Å². The second-order valence-electron chi connectivity index (χ2n) is 2.60. The summed E-state index contributed by atoms with van der Waals surface area (Å²) >= 11 is 1.32. The summed E-state index contributed by atoms with van der Waals surface area (Å²) in [6.45, 7) is -0.105. The zero-order valence-electron chi connectivity index (χ0n) is 7.71. The molecule has 0 aliphatic heterocycles. The monoisotopic (exact) mass is 214 g/mol. The number of hydrogen-bond donors (Lipinski definition) is 2. The molecular formula is C9H11FN2OS. The normalized spacial score (nSPS) is 9.93. The molecule has 1 aromatic carbocycles. The third-order valence-electron chi connectivity index (χ3n) is 1.62. The van der Waals surface area contributed by atoms with Gasteiger partial charge in [-0.15, -0.1) is 11.8 Å². The Morgan fingerprint density at radius 3 is 2.86 bits per heavy atom. The fourth-order valence-electron chi connectivity index (χ4n) is 0.956. The number of carbonyl (C=O) groups is 1. The molecule has 1 rings (SSSR count). The number of halogens is 1. The lowest BCUT2D eigenvalue weighted by atomic mass is 10.3. The zero-order valence-corrected chi connectivity index (χ0v) is 8.53. The SMILES string of the molecule is CSc1ccc(NC(=O)CN)cc1F. The van der Waals surface area contributed by atoms with Crippen molar-refractivity contribution >= 4 is 23.4 Å². The summed E-state index contributed by atoms with van der Waals surface area (Å²) in [5.41, 5.74) is 5.53. The number of nitrogens with one attached hydrogen (secondary N) is 1. The van der Waals surface area contributed by atoms with Gasteiger partial charge in [0.15, 0.2) is 0 Å². The van der Waals surface area contributed by atoms with E-state index in [9.17, 15) is 9.18 Å². The van der Waals surface area contributed by atoms with Gasteiger partial charge in [0.1, 0.15) is 5.82 Å². The molecule has 0 heterocycles. The summed E-state index contributed by atoms with van der Waals surface area (Å²) in [6, 6.07) is 4.54. The first-order chi connectivity index (χ1) is 6.67. The van der Waals surface area contributed by atoms with E-state index in [1.165, 1.54) is 17.8 Å². The molecule has 3 nitrogen and oxygen atoms in total. The van der Waals surface area contributed by atoms with E-state index < -0.39 is 0 Å². The second kappa shape index (κ2) is 4.97. The van der Waals surface area contributed by atoms with E-state index in [2.05, 4.69) is 5.32 Å². The van der Waals surface area contributed by atoms with E-state index in [-0.39, 0.29) is 18.3 Å². The van der Waals surface area contributed by atoms with E-state index in [1.54, 1.807) is 18.4 Å². The molecule has 1 aromatic rings. The van der Waals surface area contributed by atoms with Gasteiger partial charge in [0.05, 0.1) is 6.54 Å². The maximum absolute atomic E-state index is 13.2. The number of thioether (sulfide) groups is 1. The van der Waals surface area contributed by atoms with Gasteiger partial charge in [-0.25, -0.2) is 4.39 Å². The lowest BCUT2D eigenvalue weighted by Gasteiger charge is -2.05. The maximum atomic E-state index is 13.2. The van der Waals surface area contributed by atoms with Crippen LogP contribution in [0.5, 0.6) is 0 Å². The minimum atomic E-state index is -0.340. The molecule has 0 aliphatic rings. The van der Waals surface area contributed by atoms with Crippen molar-refractivity contribution in [2.75, 3.05) is 18.1 Å². The summed E-state index contributed by atoms with van der Waals surface area (Å²) < 4.78 is 13.2. The van der Waals surface area contributed by atoms with Crippen molar-refractivity contribution in [2.24, 2.45) is 5.73 Å². The van der Waals surface area contributed by atoms with Crippen molar-refractivity contribution in [3.63, 3.8) is 0 Å². The molecule has 0 bridgehead atoms. The van der Waals surface area contributed by atoms with Gasteiger partial charge in [-0.3, -0.25) is 4.79 Å². The van der Waals surface area contributed by atoms with Crippen LogP contribution in [0.4, 0.5) is 10.1 Å². The lowest BCUT2D eigenvalue weighted by Crippen LogP contribution is -2.21. The Kier molecular flexibility index (Phi) is 3.91. The van der Waals surface area contributed by atoms with Gasteiger partial charge >= 0.3 is 0 Å². The molecule has 0 radical (unpaired) electrons. The van der Waals surface area contributed by atoms with Crippen LogP contribution in [0.2, 0.25) is 0 Å². The van der Waals surface area contributed by atoms with Crippen LogP contribution in [0.3, 0.4) is 0 Å². The Morgan fingerprint density at radius 2 is 2.36 bits per heavy atom. The molecule has 0 unspecified atom stereocenters. The Bertz CT molecular complexity index is 344. The predicted molar refractivity (Wildman–Crippen MR) is 55.9 cm³/mol. The Labute approximate surface area is 85.9 Å². The topological polar surface area (TPSA) is 55.1 Å². The van der Waals surface area contributed by atoms with Gasteiger partial charge in [0.25, 0.3) is 0 Å². The van der Waals surface area contributed by atoms with E-state index >= 15 is 0 Å². The number of benzene rings is 1. The largest absolute Gasteiger partial charge is 0.325 e. The minimum absolute atomic E-state index is 0.105. The van der Waals surface area contributed by atoms with Crippen LogP contribution in [0.25, 0.3) is 0 Å². The highest BCUT2D eigenvalue weighted by atomic mass is 32.2. The molecule has 0 aliphatic carbocycles. The molecule has 0 spiro atoms. The Balaban J connectivity index is 2.81. The highest BCUT2D eigenvalue weighted by Crippen LogP contribution is 2.21. The molecule has 5 heteroatoms. The van der Waals surface area contributed by atoms with Crippen LogP contribution in [0.15, 0.2) is 23.1 Å². The number of carbonyl (C=O) groups excluding carboxylic acids is 1. The first-order valence-electron chi connectivity index (χ1n) is 4.01. The fourth-order valence-corrected chi connectivity index (χ4v) is 1.41. The standard InChI is InChI=1S/C9H11FN2OS/c1-14-8-3-2-6(4-7(8)10)12-9(13)5-11/h2-4H,5,11H2,1H3,(H,12,13). The number of amides is 1. The van der Waals surface area contributed by atoms with Crippen LogP contribution in [0.1, 0.15) is 0 Å². The van der Waals surface area contributed by atoms with Gasteiger partial charge in [-0.05, 0) is 24.5 Å². The number of nitrogens with two attached hydrogens (primary N) is 1. The van der Waals surface area contributed by atoms with Gasteiger partial charge in [0, 0.05) is 10.6 Å². The Hall–Kier alpha value is -1.07. The smallest absolute Gasteiger partial charge is 0.238 e. The minimum Gasteiger partial charge on any atom is -0.325 e. The lowest BCUT2D eigenvalue weighted by molar-refractivity contribution is -0.114. The zero-order chi connectivity index (χ0) is 10.6. The van der Waals surface area contributed by atoms with Gasteiger partial charge in [-0.2, -0.15) is 0 Å². The van der Waals surface area contributed by atoms with Crippen molar-refractivity contribution in [1.29, 1.82) is 0 Å². The molecule has 1 amide bonds. The average molecular weight is 214 g/mol. The molecule has 3 N–H and O–H groups in total. The quantitative estimate of drug-likeness (QED) is 0.749. The van der Waals surface area contributed by atoms with Crippen molar-refractivity contribution in [3.05, 3.63) is 24.0 Å². The van der Waals surface area contributed by atoms with Crippen LogP contribution >= 0.6 is 11.8 Å². The van der Waals surface area contributed by atoms with E-state index in [4.69, 9.17) is 5.73 Å². The first kappa shape index (κ1) is 11.0. The average Bonchev–Trinajstić information content (AvgIpc) is 2.18. The summed E-state index contributed by atoms with van der Waals surface area (Å²) in [5.74, 6) is -0.673. The van der Waals surface area contributed by atoms with Crippen molar-refractivity contribution in [1.82, 2.24) is 0 Å². The summed E-state index contributed by atoms with van der Waals surface area (Å²) in [4.78, 5) is 11.4. The molecule has 0 saturated carbocycles. The number of anilines is 1. The van der Waals surface area contributed by atoms with Crippen LogP contribution in [0, 0.1) is 5.82 Å². The van der Waals surface area contributed by atoms with Gasteiger partial charge in [0.2, 0.25) is 5.91 Å². The number of hydrogen-bond acceptors (Lipinski definition) is 3. The van der Waals surface area contributed by atoms with Crippen LogP contribution in [-0.2, 0) is 4.79 Å². The summed E-state index contributed by atoms with van der Waals surface area (Å²) in [7, 11) is 0. The van der Waals surface area contributed by atoms with Crippen molar-refractivity contribution in [3.8, 4) is 0 Å². The molecule has 0 aromatic heterocycles. The highest BCUT2D eigenvalue weighted by Gasteiger charge is 2.04.